The molecular weight excluding hydrogens is 278 g/mol. The van der Waals surface area contributed by atoms with Gasteiger partial charge in [0.25, 0.3) is 0 Å². The molecule has 0 bridgehead atoms. The summed E-state index contributed by atoms with van der Waals surface area (Å²) >= 11 is 5.78. The highest BCUT2D eigenvalue weighted by atomic mass is 32.1. The van der Waals surface area contributed by atoms with Crippen LogP contribution in [0.2, 0.25) is 19.6 Å². The van der Waals surface area contributed by atoms with Gasteiger partial charge in [0.1, 0.15) is 4.99 Å². The molecule has 3 heteroatoms. The molecule has 0 radical (unpaired) electrons. The normalized spacial score (nSPS) is 20.1. The minimum absolute atomic E-state index is 0.280. The van der Waals surface area contributed by atoms with Crippen LogP contribution in [0.15, 0.2) is 53.8 Å². The average Bonchev–Trinajstić information content (AvgIpc) is 2.39. The van der Waals surface area contributed by atoms with Crippen molar-refractivity contribution >= 4 is 25.3 Å². The first kappa shape index (κ1) is 15.2. The Kier molecular flexibility index (Phi) is 4.30. The summed E-state index contributed by atoms with van der Waals surface area (Å²) in [7, 11) is -1.43. The van der Waals surface area contributed by atoms with Crippen LogP contribution in [0.4, 0.5) is 0 Å². The lowest BCUT2D eigenvalue weighted by molar-refractivity contribution is 0.364. The smallest absolute Gasteiger partial charge is 0.101 e. The molecule has 0 fully saturated rings. The summed E-state index contributed by atoms with van der Waals surface area (Å²) in [5.74, 6) is 0. The Balaban J connectivity index is 2.32. The van der Waals surface area contributed by atoms with Crippen molar-refractivity contribution in [3.8, 4) is 0 Å². The van der Waals surface area contributed by atoms with Crippen LogP contribution in [0.3, 0.4) is 0 Å². The molecular formula is C17H23NSSi. The van der Waals surface area contributed by atoms with E-state index in [0.717, 1.165) is 11.5 Å². The van der Waals surface area contributed by atoms with Crippen molar-refractivity contribution < 1.29 is 0 Å². The summed E-state index contributed by atoms with van der Waals surface area (Å²) in [6, 6.07) is 10.8. The van der Waals surface area contributed by atoms with Crippen LogP contribution in [0.1, 0.15) is 12.5 Å². The maximum absolute atomic E-state index is 5.78. The van der Waals surface area contributed by atoms with Crippen LogP contribution in [0.25, 0.3) is 0 Å². The second-order valence-corrected chi connectivity index (χ2v) is 11.9. The third kappa shape index (κ3) is 3.10. The van der Waals surface area contributed by atoms with Crippen LogP contribution in [-0.2, 0) is 6.54 Å². The van der Waals surface area contributed by atoms with Gasteiger partial charge in [-0.2, -0.15) is 0 Å². The molecule has 1 nitrogen and oxygen atoms in total. The molecule has 1 heterocycles. The van der Waals surface area contributed by atoms with Gasteiger partial charge in [0.05, 0.1) is 14.1 Å². The molecule has 0 spiro atoms. The monoisotopic (exact) mass is 301 g/mol. The van der Waals surface area contributed by atoms with Crippen LogP contribution < -0.4 is 0 Å². The lowest BCUT2D eigenvalue weighted by Gasteiger charge is -2.40. The van der Waals surface area contributed by atoms with E-state index >= 15 is 0 Å². The summed E-state index contributed by atoms with van der Waals surface area (Å²) < 4.78 is 0. The van der Waals surface area contributed by atoms with Crippen LogP contribution in [0.5, 0.6) is 0 Å². The van der Waals surface area contributed by atoms with Crippen molar-refractivity contribution in [3.05, 3.63) is 59.3 Å². The Labute approximate surface area is 129 Å². The topological polar surface area (TPSA) is 3.24 Å². The molecule has 1 aliphatic heterocycles. The first-order chi connectivity index (χ1) is 9.30. The zero-order valence-corrected chi connectivity index (χ0v) is 14.6. The molecule has 1 aromatic carbocycles. The van der Waals surface area contributed by atoms with Gasteiger partial charge in [0.2, 0.25) is 0 Å². The van der Waals surface area contributed by atoms with E-state index in [1.54, 1.807) is 0 Å². The zero-order chi connectivity index (χ0) is 14.9. The zero-order valence-electron chi connectivity index (χ0n) is 12.8. The molecule has 1 atom stereocenters. The number of hydrogen-bond acceptors (Lipinski definition) is 1. The summed E-state index contributed by atoms with van der Waals surface area (Å²) in [6.45, 7) is 14.3. The van der Waals surface area contributed by atoms with Gasteiger partial charge >= 0.3 is 0 Å². The van der Waals surface area contributed by atoms with E-state index < -0.39 is 8.07 Å². The third-order valence-corrected chi connectivity index (χ3v) is 6.46. The molecule has 1 aromatic rings. The molecule has 0 aromatic heterocycles. The summed E-state index contributed by atoms with van der Waals surface area (Å²) in [5, 5.41) is 1.35. The van der Waals surface area contributed by atoms with E-state index in [-0.39, 0.29) is 6.04 Å². The second-order valence-electron chi connectivity index (χ2n) is 6.48. The van der Waals surface area contributed by atoms with Gasteiger partial charge in [-0.05, 0) is 23.3 Å². The number of benzene rings is 1. The Morgan fingerprint density at radius 2 is 1.80 bits per heavy atom. The fourth-order valence-electron chi connectivity index (χ4n) is 2.42. The highest BCUT2D eigenvalue weighted by Gasteiger charge is 2.32. The van der Waals surface area contributed by atoms with Gasteiger partial charge < -0.3 is 4.90 Å². The van der Waals surface area contributed by atoms with Crippen molar-refractivity contribution in [2.45, 2.75) is 39.2 Å². The molecule has 0 saturated carbocycles. The van der Waals surface area contributed by atoms with Crippen molar-refractivity contribution in [2.75, 3.05) is 0 Å². The number of rotatable bonds is 3. The minimum atomic E-state index is -1.43. The van der Waals surface area contributed by atoms with E-state index in [1.807, 2.05) is 6.07 Å². The van der Waals surface area contributed by atoms with Crippen molar-refractivity contribution in [3.63, 3.8) is 0 Å². The summed E-state index contributed by atoms with van der Waals surface area (Å²) in [6.07, 6.45) is 2.24. The van der Waals surface area contributed by atoms with Gasteiger partial charge in [0.15, 0.2) is 0 Å². The van der Waals surface area contributed by atoms with Gasteiger partial charge in [-0.15, -0.1) is 0 Å². The molecule has 2 rings (SSSR count). The van der Waals surface area contributed by atoms with E-state index in [9.17, 15) is 0 Å². The molecule has 106 valence electrons. The highest BCUT2D eigenvalue weighted by molar-refractivity contribution is 7.81. The van der Waals surface area contributed by atoms with Gasteiger partial charge in [0, 0.05) is 6.54 Å². The van der Waals surface area contributed by atoms with E-state index in [2.05, 4.69) is 68.4 Å². The third-order valence-electron chi connectivity index (χ3n) is 3.83. The molecule has 0 N–H and O–H groups in total. The van der Waals surface area contributed by atoms with Gasteiger partial charge in [-0.25, -0.2) is 0 Å². The maximum Gasteiger partial charge on any atom is 0.101 e. The Morgan fingerprint density at radius 3 is 2.35 bits per heavy atom. The average molecular weight is 302 g/mol. The van der Waals surface area contributed by atoms with Crippen LogP contribution in [0, 0.1) is 0 Å². The van der Waals surface area contributed by atoms with E-state index in [1.165, 1.54) is 16.3 Å². The largest absolute Gasteiger partial charge is 0.352 e. The van der Waals surface area contributed by atoms with Gasteiger partial charge in [-0.3, -0.25) is 0 Å². The quantitative estimate of drug-likeness (QED) is 0.594. The second kappa shape index (κ2) is 5.66. The SMILES string of the molecule is C=C1C=C([Si](C)(C)C)C(=S)N(Cc2ccccc2)C1C. The molecule has 20 heavy (non-hydrogen) atoms. The predicted octanol–water partition coefficient (Wildman–Crippen LogP) is 4.58. The molecule has 1 unspecified atom stereocenters. The van der Waals surface area contributed by atoms with Crippen molar-refractivity contribution in [2.24, 2.45) is 0 Å². The van der Waals surface area contributed by atoms with Crippen LogP contribution in [-0.4, -0.2) is 24.0 Å². The molecule has 0 saturated heterocycles. The standard InChI is InChI=1S/C17H23NSSi/c1-13-11-16(20(3,4)5)17(19)18(14(13)2)12-15-9-7-6-8-10-15/h6-11,14H,1,12H2,2-5H3. The lowest BCUT2D eigenvalue weighted by atomic mass is 10.0. The molecule has 0 amide bonds. The fraction of sp³-hybridized carbons (Fsp3) is 0.353. The fourth-order valence-corrected chi connectivity index (χ4v) is 5.03. The predicted molar refractivity (Wildman–Crippen MR) is 94.6 cm³/mol. The van der Waals surface area contributed by atoms with E-state index in [0.29, 0.717) is 0 Å². The Hall–Kier alpha value is -1.19. The van der Waals surface area contributed by atoms with Crippen LogP contribution >= 0.6 is 12.2 Å². The van der Waals surface area contributed by atoms with Gasteiger partial charge in [-0.1, -0.05) is 74.8 Å². The van der Waals surface area contributed by atoms with Crippen molar-refractivity contribution in [1.29, 1.82) is 0 Å². The first-order valence-electron chi connectivity index (χ1n) is 7.06. The maximum atomic E-state index is 5.78. The Bertz CT molecular complexity index is 554. The lowest BCUT2D eigenvalue weighted by Crippen LogP contribution is -2.46. The van der Waals surface area contributed by atoms with E-state index in [4.69, 9.17) is 12.2 Å². The number of hydrogen-bond donors (Lipinski definition) is 0. The summed E-state index contributed by atoms with van der Waals surface area (Å²) in [5.41, 5.74) is 2.47. The van der Waals surface area contributed by atoms with Crippen molar-refractivity contribution in [1.82, 2.24) is 4.90 Å². The highest BCUT2D eigenvalue weighted by Crippen LogP contribution is 2.29. The minimum Gasteiger partial charge on any atom is -0.352 e. The number of nitrogens with zero attached hydrogens (tertiary/aromatic N) is 1. The Morgan fingerprint density at radius 1 is 1.20 bits per heavy atom. The molecule has 0 aliphatic carbocycles. The molecule has 1 aliphatic rings. The first-order valence-corrected chi connectivity index (χ1v) is 11.0. The summed E-state index contributed by atoms with van der Waals surface area (Å²) in [4.78, 5) is 3.34. The number of thiocarbonyl (C=S) groups is 1.